The molecule has 0 N–H and O–H groups in total. The predicted octanol–water partition coefficient (Wildman–Crippen LogP) is 4.59. The van der Waals surface area contributed by atoms with Crippen LogP contribution in [0.2, 0.25) is 10.0 Å². The fourth-order valence-corrected chi connectivity index (χ4v) is 1.98. The first-order valence-electron chi connectivity index (χ1n) is 5.31. The summed E-state index contributed by atoms with van der Waals surface area (Å²) in [5.74, 6) is 0.891. The average Bonchev–Trinajstić information content (AvgIpc) is 2.30. The summed E-state index contributed by atoms with van der Waals surface area (Å²) in [5.41, 5.74) is 0.422. The molecule has 2 nitrogen and oxygen atoms in total. The average molecular weight is 296 g/mol. The molecular formula is C12H13Cl3O2. The van der Waals surface area contributed by atoms with Gasteiger partial charge in [0.2, 0.25) is 0 Å². The zero-order valence-electron chi connectivity index (χ0n) is 9.43. The highest BCUT2D eigenvalue weighted by Crippen LogP contribution is 2.32. The molecule has 0 aliphatic rings. The van der Waals surface area contributed by atoms with E-state index in [1.54, 1.807) is 12.1 Å². The van der Waals surface area contributed by atoms with Crippen molar-refractivity contribution in [3.8, 4) is 5.75 Å². The van der Waals surface area contributed by atoms with Gasteiger partial charge in [0.1, 0.15) is 5.75 Å². The summed E-state index contributed by atoms with van der Waals surface area (Å²) in [6.45, 7) is 2.35. The maximum Gasteiger partial charge on any atom is 0.164 e. The number of ether oxygens (including phenoxy) is 1. The molecule has 0 radical (unpaired) electrons. The second-order valence-electron chi connectivity index (χ2n) is 3.41. The van der Waals surface area contributed by atoms with Crippen LogP contribution in [0.3, 0.4) is 0 Å². The first-order valence-corrected chi connectivity index (χ1v) is 6.60. The van der Waals surface area contributed by atoms with E-state index < -0.39 is 0 Å². The van der Waals surface area contributed by atoms with Crippen LogP contribution in [-0.2, 0) is 0 Å². The van der Waals surface area contributed by atoms with Crippen molar-refractivity contribution in [1.29, 1.82) is 0 Å². The first kappa shape index (κ1) is 14.6. The number of halogens is 3. The van der Waals surface area contributed by atoms with Gasteiger partial charge in [-0.05, 0) is 19.4 Å². The van der Waals surface area contributed by atoms with Crippen LogP contribution < -0.4 is 4.74 Å². The number of ketones is 1. The highest BCUT2D eigenvalue weighted by molar-refractivity contribution is 6.36. The van der Waals surface area contributed by atoms with Gasteiger partial charge in [0.25, 0.3) is 0 Å². The van der Waals surface area contributed by atoms with Gasteiger partial charge >= 0.3 is 0 Å². The summed E-state index contributed by atoms with van der Waals surface area (Å²) < 4.78 is 5.28. The maximum absolute atomic E-state index is 11.8. The molecule has 0 atom stereocenters. The van der Waals surface area contributed by atoms with Gasteiger partial charge in [0.05, 0.1) is 16.7 Å². The fourth-order valence-electron chi connectivity index (χ4n) is 1.37. The number of hydrogen-bond acceptors (Lipinski definition) is 2. The third kappa shape index (κ3) is 4.06. The molecule has 1 aromatic rings. The number of benzene rings is 1. The molecule has 17 heavy (non-hydrogen) atoms. The van der Waals surface area contributed by atoms with E-state index >= 15 is 0 Å². The lowest BCUT2D eigenvalue weighted by molar-refractivity contribution is 0.0982. The van der Waals surface area contributed by atoms with Crippen LogP contribution in [-0.4, -0.2) is 18.3 Å². The van der Waals surface area contributed by atoms with E-state index in [0.717, 1.165) is 0 Å². The zero-order valence-corrected chi connectivity index (χ0v) is 11.7. The molecule has 0 amide bonds. The molecule has 94 valence electrons. The van der Waals surface area contributed by atoms with Crippen molar-refractivity contribution in [3.63, 3.8) is 0 Å². The van der Waals surface area contributed by atoms with Crippen LogP contribution in [0.1, 0.15) is 30.1 Å². The van der Waals surface area contributed by atoms with E-state index in [-0.39, 0.29) is 5.78 Å². The number of rotatable bonds is 6. The van der Waals surface area contributed by atoms with E-state index in [2.05, 4.69) is 0 Å². The molecule has 0 aliphatic heterocycles. The lowest BCUT2D eigenvalue weighted by Gasteiger charge is -2.09. The molecule has 0 fully saturated rings. The molecule has 1 rings (SSSR count). The minimum Gasteiger partial charge on any atom is -0.492 e. The summed E-state index contributed by atoms with van der Waals surface area (Å²) in [7, 11) is 0. The van der Waals surface area contributed by atoms with E-state index in [1.807, 2.05) is 6.92 Å². The Balaban J connectivity index is 2.94. The van der Waals surface area contributed by atoms with Crippen LogP contribution >= 0.6 is 34.8 Å². The largest absolute Gasteiger partial charge is 0.492 e. The smallest absolute Gasteiger partial charge is 0.164 e. The van der Waals surface area contributed by atoms with Gasteiger partial charge < -0.3 is 4.74 Å². The fraction of sp³-hybridized carbons (Fsp3) is 0.417. The normalized spacial score (nSPS) is 10.4. The minimum atomic E-state index is -0.0550. The standard InChI is InChI=1S/C12H13Cl3O2/c1-2-17-12-7-9(14)8(6-10(12)15)11(16)4-3-5-13/h6-7H,2-5H2,1H3. The van der Waals surface area contributed by atoms with Crippen LogP contribution in [0.5, 0.6) is 5.75 Å². The van der Waals surface area contributed by atoms with E-state index in [9.17, 15) is 4.79 Å². The predicted molar refractivity (Wildman–Crippen MR) is 71.9 cm³/mol. The van der Waals surface area contributed by atoms with Gasteiger partial charge in [0, 0.05) is 23.9 Å². The molecule has 0 bridgehead atoms. The molecule has 0 saturated heterocycles. The minimum absolute atomic E-state index is 0.0550. The molecule has 1 aromatic carbocycles. The van der Waals surface area contributed by atoms with Crippen molar-refractivity contribution in [2.75, 3.05) is 12.5 Å². The van der Waals surface area contributed by atoms with Crippen molar-refractivity contribution in [3.05, 3.63) is 27.7 Å². The molecule has 0 spiro atoms. The Hall–Kier alpha value is -0.440. The molecule has 0 aliphatic carbocycles. The van der Waals surface area contributed by atoms with Crippen LogP contribution in [0, 0.1) is 0 Å². The van der Waals surface area contributed by atoms with Crippen LogP contribution in [0.4, 0.5) is 0 Å². The summed E-state index contributed by atoms with van der Waals surface area (Å²) in [6.07, 6.45) is 0.995. The Morgan fingerprint density at radius 2 is 2.00 bits per heavy atom. The van der Waals surface area contributed by atoms with Crippen LogP contribution in [0.15, 0.2) is 12.1 Å². The summed E-state index contributed by atoms with van der Waals surface area (Å²) >= 11 is 17.6. The second-order valence-corrected chi connectivity index (χ2v) is 4.60. The second kappa shape index (κ2) is 7.10. The van der Waals surface area contributed by atoms with Gasteiger partial charge in [-0.3, -0.25) is 4.79 Å². The summed E-state index contributed by atoms with van der Waals surface area (Å²) in [5, 5.41) is 0.753. The number of Topliss-reactive ketones (excluding diaryl/α,β-unsaturated/α-hetero) is 1. The van der Waals surface area contributed by atoms with Crippen LogP contribution in [0.25, 0.3) is 0 Å². The zero-order chi connectivity index (χ0) is 12.8. The Kier molecular flexibility index (Phi) is 6.10. The lowest BCUT2D eigenvalue weighted by atomic mass is 10.1. The third-order valence-electron chi connectivity index (χ3n) is 2.16. The summed E-state index contributed by atoms with van der Waals surface area (Å²) in [6, 6.07) is 3.12. The van der Waals surface area contributed by atoms with Gasteiger partial charge in [-0.15, -0.1) is 11.6 Å². The number of hydrogen-bond donors (Lipinski definition) is 0. The van der Waals surface area contributed by atoms with Crippen molar-refractivity contribution in [2.45, 2.75) is 19.8 Å². The van der Waals surface area contributed by atoms with Gasteiger partial charge in [-0.2, -0.15) is 0 Å². The number of alkyl halides is 1. The molecule has 5 heteroatoms. The van der Waals surface area contributed by atoms with Crippen molar-refractivity contribution in [2.24, 2.45) is 0 Å². The van der Waals surface area contributed by atoms with E-state index in [1.165, 1.54) is 0 Å². The molecule has 0 heterocycles. The Bertz CT molecular complexity index is 405. The maximum atomic E-state index is 11.8. The van der Waals surface area contributed by atoms with Gasteiger partial charge in [0.15, 0.2) is 5.78 Å². The Labute approximate surface area is 116 Å². The van der Waals surface area contributed by atoms with Crippen molar-refractivity contribution in [1.82, 2.24) is 0 Å². The number of carbonyl (C=O) groups is 1. The highest BCUT2D eigenvalue weighted by atomic mass is 35.5. The van der Waals surface area contributed by atoms with Gasteiger partial charge in [-0.25, -0.2) is 0 Å². The Morgan fingerprint density at radius 1 is 1.29 bits per heavy atom. The quantitative estimate of drug-likeness (QED) is 0.566. The van der Waals surface area contributed by atoms with E-state index in [0.29, 0.717) is 46.7 Å². The Morgan fingerprint density at radius 3 is 2.59 bits per heavy atom. The topological polar surface area (TPSA) is 26.3 Å². The highest BCUT2D eigenvalue weighted by Gasteiger charge is 2.14. The molecule has 0 unspecified atom stereocenters. The first-order chi connectivity index (χ1) is 8.10. The third-order valence-corrected chi connectivity index (χ3v) is 3.03. The molecule has 0 saturated carbocycles. The molecular weight excluding hydrogens is 282 g/mol. The van der Waals surface area contributed by atoms with Crippen molar-refractivity contribution >= 4 is 40.6 Å². The van der Waals surface area contributed by atoms with Gasteiger partial charge in [-0.1, -0.05) is 23.2 Å². The lowest BCUT2D eigenvalue weighted by Crippen LogP contribution is -2.02. The summed E-state index contributed by atoms with van der Waals surface area (Å²) in [4.78, 5) is 11.8. The number of carbonyl (C=O) groups excluding carboxylic acids is 1. The SMILES string of the molecule is CCOc1cc(Cl)c(C(=O)CCCCl)cc1Cl. The monoisotopic (exact) mass is 294 g/mol. The molecule has 0 aromatic heterocycles. The van der Waals surface area contributed by atoms with E-state index in [4.69, 9.17) is 39.5 Å². The van der Waals surface area contributed by atoms with Crippen molar-refractivity contribution < 1.29 is 9.53 Å².